The molecule has 3 saturated carbocycles. The Hall–Kier alpha value is -2.45. The van der Waals surface area contributed by atoms with Crippen molar-refractivity contribution in [3.05, 3.63) is 23.8 Å². The molecule has 0 aromatic rings. The summed E-state index contributed by atoms with van der Waals surface area (Å²) < 4.78 is 0. The molecule has 0 aromatic carbocycles. The van der Waals surface area contributed by atoms with E-state index in [2.05, 4.69) is 12.2 Å². The van der Waals surface area contributed by atoms with Gasteiger partial charge in [0.2, 0.25) is 0 Å². The van der Waals surface area contributed by atoms with Gasteiger partial charge in [0.15, 0.2) is 11.6 Å². The van der Waals surface area contributed by atoms with Crippen molar-refractivity contribution in [1.29, 1.82) is 0 Å². The van der Waals surface area contributed by atoms with Crippen LogP contribution >= 0.6 is 0 Å². The third-order valence-electron chi connectivity index (χ3n) is 10.3. The molecule has 0 unspecified atom stereocenters. The van der Waals surface area contributed by atoms with E-state index in [9.17, 15) is 29.1 Å². The fraction of sp³-hybridized carbons (Fsp3) is 0.690. The summed E-state index contributed by atoms with van der Waals surface area (Å²) in [6.45, 7) is 3.31. The van der Waals surface area contributed by atoms with E-state index >= 15 is 0 Å². The molecule has 3 fully saturated rings. The number of amides is 2. The summed E-state index contributed by atoms with van der Waals surface area (Å²) in [5.41, 5.74) is 0.132. The number of carbonyl (C=O) groups excluding carboxylic acids is 5. The molecule has 2 N–H and O–H groups in total. The van der Waals surface area contributed by atoms with Gasteiger partial charge in [-0.3, -0.25) is 24.1 Å². The minimum Gasteiger partial charge on any atom is -0.393 e. The molecule has 8 nitrogen and oxygen atoms in total. The number of aliphatic hydroxyl groups is 1. The SMILES string of the molecule is C[C@]12CCC(=O)C=C1CC[C@@H]1[C@@H]2[C@@H](O)C[C@]2(C=O)[C@@H](C(=O)CNCCCCN3C(=O)C=CC3=O)CC[C@@H]12. The van der Waals surface area contributed by atoms with Gasteiger partial charge in [-0.1, -0.05) is 12.5 Å². The highest BCUT2D eigenvalue weighted by Gasteiger charge is 2.64. The number of hydrogen-bond acceptors (Lipinski definition) is 7. The van der Waals surface area contributed by atoms with E-state index in [1.807, 2.05) is 0 Å². The minimum absolute atomic E-state index is 0.0234. The Morgan fingerprint density at radius 2 is 1.89 bits per heavy atom. The molecule has 200 valence electrons. The highest BCUT2D eigenvalue weighted by molar-refractivity contribution is 6.12. The van der Waals surface area contributed by atoms with E-state index in [0.29, 0.717) is 38.8 Å². The summed E-state index contributed by atoms with van der Waals surface area (Å²) in [4.78, 5) is 62.6. The van der Waals surface area contributed by atoms with Crippen LogP contribution in [0, 0.1) is 34.5 Å². The van der Waals surface area contributed by atoms with E-state index in [4.69, 9.17) is 0 Å². The van der Waals surface area contributed by atoms with Crippen LogP contribution in [0.25, 0.3) is 0 Å². The second kappa shape index (κ2) is 10.0. The molecule has 4 aliphatic carbocycles. The predicted molar refractivity (Wildman–Crippen MR) is 135 cm³/mol. The number of carbonyl (C=O) groups is 5. The van der Waals surface area contributed by atoms with Gasteiger partial charge < -0.3 is 15.2 Å². The first-order chi connectivity index (χ1) is 17.7. The van der Waals surface area contributed by atoms with Crippen molar-refractivity contribution in [1.82, 2.24) is 10.2 Å². The Morgan fingerprint density at radius 1 is 1.14 bits per heavy atom. The van der Waals surface area contributed by atoms with Gasteiger partial charge in [0.05, 0.1) is 12.6 Å². The molecule has 1 aliphatic heterocycles. The van der Waals surface area contributed by atoms with Gasteiger partial charge >= 0.3 is 0 Å². The molecule has 0 saturated heterocycles. The average molecular weight is 511 g/mol. The molecule has 5 rings (SSSR count). The number of hydrogen-bond donors (Lipinski definition) is 2. The van der Waals surface area contributed by atoms with Crippen LogP contribution in [-0.2, 0) is 24.0 Å². The highest BCUT2D eigenvalue weighted by atomic mass is 16.3. The van der Waals surface area contributed by atoms with Crippen LogP contribution in [0.3, 0.4) is 0 Å². The van der Waals surface area contributed by atoms with Gasteiger partial charge in [-0.25, -0.2) is 0 Å². The molecule has 0 aromatic heterocycles. The molecule has 0 bridgehead atoms. The average Bonchev–Trinajstić information content (AvgIpc) is 3.41. The first-order valence-electron chi connectivity index (χ1n) is 13.9. The number of fused-ring (bicyclic) bond motifs is 5. The van der Waals surface area contributed by atoms with Crippen LogP contribution < -0.4 is 5.32 Å². The number of ketones is 2. The number of aliphatic hydroxyl groups excluding tert-OH is 1. The molecule has 37 heavy (non-hydrogen) atoms. The van der Waals surface area contributed by atoms with Crippen molar-refractivity contribution in [2.45, 2.75) is 70.8 Å². The van der Waals surface area contributed by atoms with Gasteiger partial charge in [0.1, 0.15) is 6.29 Å². The van der Waals surface area contributed by atoms with Crippen molar-refractivity contribution in [3.8, 4) is 0 Å². The van der Waals surface area contributed by atoms with E-state index in [1.54, 1.807) is 6.08 Å². The summed E-state index contributed by atoms with van der Waals surface area (Å²) in [7, 11) is 0. The normalized spacial score (nSPS) is 38.8. The van der Waals surface area contributed by atoms with Crippen molar-refractivity contribution in [2.75, 3.05) is 19.6 Å². The van der Waals surface area contributed by atoms with Gasteiger partial charge in [0, 0.05) is 36.5 Å². The van der Waals surface area contributed by atoms with Crippen LogP contribution in [0.4, 0.5) is 0 Å². The lowest BCUT2D eigenvalue weighted by molar-refractivity contribution is -0.156. The second-order valence-electron chi connectivity index (χ2n) is 12.0. The predicted octanol–water partition coefficient (Wildman–Crippen LogP) is 2.15. The number of allylic oxidation sites excluding steroid dienone is 1. The first-order valence-corrected chi connectivity index (χ1v) is 13.9. The lowest BCUT2D eigenvalue weighted by Crippen LogP contribution is -2.58. The zero-order valence-electron chi connectivity index (χ0n) is 21.6. The summed E-state index contributed by atoms with van der Waals surface area (Å²) in [6, 6.07) is 0. The first kappa shape index (κ1) is 26.2. The summed E-state index contributed by atoms with van der Waals surface area (Å²) in [5.74, 6) is -0.454. The quantitative estimate of drug-likeness (QED) is 0.277. The van der Waals surface area contributed by atoms with Crippen LogP contribution in [0.1, 0.15) is 64.7 Å². The largest absolute Gasteiger partial charge is 0.393 e. The summed E-state index contributed by atoms with van der Waals surface area (Å²) in [5, 5.41) is 14.7. The minimum atomic E-state index is -0.815. The maximum atomic E-state index is 13.3. The van der Waals surface area contributed by atoms with Crippen molar-refractivity contribution in [3.63, 3.8) is 0 Å². The van der Waals surface area contributed by atoms with Crippen LogP contribution in [0.2, 0.25) is 0 Å². The van der Waals surface area contributed by atoms with Gasteiger partial charge in [0.25, 0.3) is 11.8 Å². The summed E-state index contributed by atoms with van der Waals surface area (Å²) >= 11 is 0. The molecular formula is C29H38N2O6. The number of rotatable bonds is 9. The van der Waals surface area contributed by atoms with Crippen molar-refractivity contribution in [2.24, 2.45) is 34.5 Å². The maximum absolute atomic E-state index is 13.3. The molecule has 8 heteroatoms. The van der Waals surface area contributed by atoms with Crippen LogP contribution in [-0.4, -0.2) is 65.4 Å². The molecule has 0 radical (unpaired) electrons. The second-order valence-corrected chi connectivity index (χ2v) is 12.0. The molecule has 7 atom stereocenters. The lowest BCUT2D eigenvalue weighted by Gasteiger charge is -2.59. The molecule has 5 aliphatic rings. The van der Waals surface area contributed by atoms with E-state index in [-0.39, 0.29) is 59.0 Å². The zero-order valence-corrected chi connectivity index (χ0v) is 21.6. The number of aldehydes is 1. The van der Waals surface area contributed by atoms with Crippen molar-refractivity contribution < 1.29 is 29.1 Å². The number of nitrogens with one attached hydrogen (secondary N) is 1. The van der Waals surface area contributed by atoms with Crippen LogP contribution in [0.15, 0.2) is 23.8 Å². The molecule has 1 heterocycles. The molecular weight excluding hydrogens is 472 g/mol. The number of unbranched alkanes of at least 4 members (excludes halogenated alkanes) is 1. The van der Waals surface area contributed by atoms with Gasteiger partial charge in [-0.15, -0.1) is 0 Å². The summed E-state index contributed by atoms with van der Waals surface area (Å²) in [6.07, 6.45) is 10.8. The van der Waals surface area contributed by atoms with E-state index in [1.165, 1.54) is 17.1 Å². The van der Waals surface area contributed by atoms with Gasteiger partial charge in [-0.2, -0.15) is 0 Å². The fourth-order valence-electron chi connectivity index (χ4n) is 8.57. The topological polar surface area (TPSA) is 121 Å². The number of Topliss-reactive ketones (excluding diaryl/α,β-unsaturated/α-hetero) is 1. The molecule has 2 amide bonds. The Bertz CT molecular complexity index is 1050. The van der Waals surface area contributed by atoms with E-state index < -0.39 is 11.5 Å². The smallest absolute Gasteiger partial charge is 0.253 e. The monoisotopic (exact) mass is 510 g/mol. The van der Waals surface area contributed by atoms with Gasteiger partial charge in [-0.05, 0) is 87.2 Å². The fourth-order valence-corrected chi connectivity index (χ4v) is 8.57. The van der Waals surface area contributed by atoms with E-state index in [0.717, 1.165) is 44.0 Å². The number of nitrogens with zero attached hydrogens (tertiary/aromatic N) is 1. The third-order valence-corrected chi connectivity index (χ3v) is 10.3. The Kier molecular flexibility index (Phi) is 7.09. The van der Waals surface area contributed by atoms with Crippen molar-refractivity contribution >= 4 is 29.7 Å². The number of imide groups is 1. The Balaban J connectivity index is 1.19. The molecule has 0 spiro atoms. The Labute approximate surface area is 217 Å². The third kappa shape index (κ3) is 4.36. The van der Waals surface area contributed by atoms with Crippen LogP contribution in [0.5, 0.6) is 0 Å². The zero-order chi connectivity index (χ0) is 26.4. The maximum Gasteiger partial charge on any atom is 0.253 e. The standard InChI is InChI=1S/C29H38N2O6/c1-28-11-10-19(33)14-18(28)4-5-20-21-6-7-22(29(21,17-32)15-23(34)27(20)28)24(35)16-30-12-2-3-13-31-25(36)8-9-26(31)37/h8-9,14,17,20-23,27,30,34H,2-7,10-13,15-16H2,1H3/t20-,21-,22+,23-,27+,28-,29+/m0/s1. The Morgan fingerprint density at radius 3 is 2.62 bits per heavy atom. The lowest BCUT2D eigenvalue weighted by atomic mass is 9.45. The highest BCUT2D eigenvalue weighted by Crippen LogP contribution is 2.66.